The number of alkyl halides is 2. The summed E-state index contributed by atoms with van der Waals surface area (Å²) in [6.07, 6.45) is 2.72. The number of benzene rings is 1. The van der Waals surface area contributed by atoms with Crippen LogP contribution >= 0.6 is 11.6 Å². The lowest BCUT2D eigenvalue weighted by molar-refractivity contribution is -0.126. The summed E-state index contributed by atoms with van der Waals surface area (Å²) in [6.45, 7) is 2.99. The van der Waals surface area contributed by atoms with Crippen LogP contribution in [0.1, 0.15) is 0 Å². The van der Waals surface area contributed by atoms with E-state index in [1.165, 1.54) is 24.5 Å². The van der Waals surface area contributed by atoms with Crippen molar-refractivity contribution in [2.45, 2.75) is 6.61 Å². The number of pyridine rings is 1. The Morgan fingerprint density at radius 3 is 2.66 bits per heavy atom. The van der Waals surface area contributed by atoms with Gasteiger partial charge in [0.1, 0.15) is 23.4 Å². The number of amides is 1. The van der Waals surface area contributed by atoms with Crippen LogP contribution in [-0.2, 0) is 4.79 Å². The second-order valence-electron chi connectivity index (χ2n) is 6.92. The van der Waals surface area contributed by atoms with Gasteiger partial charge in [0.15, 0.2) is 5.82 Å². The molecule has 8 nitrogen and oxygen atoms in total. The highest BCUT2D eigenvalue weighted by atomic mass is 35.5. The van der Waals surface area contributed by atoms with Crippen molar-refractivity contribution >= 4 is 45.9 Å². The molecule has 1 N–H and O–H groups in total. The summed E-state index contributed by atoms with van der Waals surface area (Å²) in [4.78, 5) is 28.9. The lowest BCUT2D eigenvalue weighted by Gasteiger charge is -2.35. The summed E-state index contributed by atoms with van der Waals surface area (Å²) >= 11 is 6.04. The van der Waals surface area contributed by atoms with E-state index in [4.69, 9.17) is 16.6 Å². The Labute approximate surface area is 187 Å². The molecule has 0 aliphatic carbocycles. The molecule has 4 rings (SSSR count). The fourth-order valence-corrected chi connectivity index (χ4v) is 3.61. The van der Waals surface area contributed by atoms with E-state index in [9.17, 15) is 13.6 Å². The van der Waals surface area contributed by atoms with E-state index >= 15 is 0 Å². The maximum Gasteiger partial charge on any atom is 0.387 e. The molecule has 1 fully saturated rings. The van der Waals surface area contributed by atoms with Crippen LogP contribution in [0.25, 0.3) is 11.0 Å². The molecule has 11 heteroatoms. The van der Waals surface area contributed by atoms with Crippen LogP contribution in [-0.4, -0.2) is 58.5 Å². The molecular formula is C21H19ClF2N6O2. The second kappa shape index (κ2) is 9.31. The minimum Gasteiger partial charge on any atom is -0.433 e. The first-order valence-corrected chi connectivity index (χ1v) is 10.1. The number of piperazine rings is 1. The Morgan fingerprint density at radius 1 is 1.19 bits per heavy atom. The number of carbonyl (C=O) groups is 1. The predicted molar refractivity (Wildman–Crippen MR) is 118 cm³/mol. The van der Waals surface area contributed by atoms with E-state index in [0.717, 1.165) is 5.82 Å². The summed E-state index contributed by atoms with van der Waals surface area (Å²) in [5.74, 6) is 0.976. The van der Waals surface area contributed by atoms with Crippen molar-refractivity contribution in [3.8, 4) is 5.75 Å². The number of aromatic nitrogens is 3. The van der Waals surface area contributed by atoms with E-state index in [0.29, 0.717) is 48.7 Å². The Balaban J connectivity index is 1.56. The predicted octanol–water partition coefficient (Wildman–Crippen LogP) is 3.86. The number of hydrogen-bond donors (Lipinski definition) is 1. The molecule has 0 saturated carbocycles. The first-order chi connectivity index (χ1) is 15.4. The van der Waals surface area contributed by atoms with Gasteiger partial charge in [-0.3, -0.25) is 4.79 Å². The largest absolute Gasteiger partial charge is 0.433 e. The van der Waals surface area contributed by atoms with Gasteiger partial charge in [0.2, 0.25) is 5.91 Å². The highest BCUT2D eigenvalue weighted by Gasteiger charge is 2.21. The third-order valence-electron chi connectivity index (χ3n) is 4.97. The van der Waals surface area contributed by atoms with Gasteiger partial charge >= 0.3 is 6.61 Å². The molecule has 0 spiro atoms. The Morgan fingerprint density at radius 2 is 1.97 bits per heavy atom. The van der Waals surface area contributed by atoms with E-state index in [-0.39, 0.29) is 16.7 Å². The molecule has 0 radical (unpaired) electrons. The summed E-state index contributed by atoms with van der Waals surface area (Å²) in [5.41, 5.74) is 1.70. The molecular weight excluding hydrogens is 442 g/mol. The number of nitrogens with one attached hydrogen (secondary N) is 1. The third-order valence-corrected chi connectivity index (χ3v) is 5.26. The number of rotatable bonds is 6. The number of ether oxygens (including phenoxy) is 1. The lowest BCUT2D eigenvalue weighted by atomic mass is 10.2. The SMILES string of the molecule is C=CC(=O)N1CCN(c2ccc3ncnc(Nc4ccc(OC(F)F)c(Cl)c4)c3n2)CC1. The molecule has 1 aliphatic heterocycles. The molecule has 166 valence electrons. The van der Waals surface area contributed by atoms with Crippen LogP contribution in [0.3, 0.4) is 0 Å². The molecule has 1 aliphatic rings. The van der Waals surface area contributed by atoms with Crippen molar-refractivity contribution in [2.75, 3.05) is 36.4 Å². The first-order valence-electron chi connectivity index (χ1n) is 9.74. The van der Waals surface area contributed by atoms with Crippen molar-refractivity contribution in [2.24, 2.45) is 0 Å². The van der Waals surface area contributed by atoms with Crippen molar-refractivity contribution < 1.29 is 18.3 Å². The molecule has 1 amide bonds. The van der Waals surface area contributed by atoms with Crippen LogP contribution in [0.2, 0.25) is 5.02 Å². The number of halogens is 3. The first kappa shape index (κ1) is 21.7. The molecule has 0 atom stereocenters. The maximum absolute atomic E-state index is 12.4. The highest BCUT2D eigenvalue weighted by molar-refractivity contribution is 6.32. The van der Waals surface area contributed by atoms with Gasteiger partial charge in [0.05, 0.1) is 10.5 Å². The highest BCUT2D eigenvalue weighted by Crippen LogP contribution is 2.31. The number of nitrogens with zero attached hydrogens (tertiary/aromatic N) is 5. The number of hydrogen-bond acceptors (Lipinski definition) is 7. The van der Waals surface area contributed by atoms with Crippen LogP contribution in [0, 0.1) is 0 Å². The Hall–Kier alpha value is -3.53. The van der Waals surface area contributed by atoms with Crippen molar-refractivity contribution in [3.63, 3.8) is 0 Å². The van der Waals surface area contributed by atoms with Crippen LogP contribution in [0.5, 0.6) is 5.75 Å². The normalized spacial score (nSPS) is 14.0. The van der Waals surface area contributed by atoms with Crippen LogP contribution in [0.15, 0.2) is 49.3 Å². The maximum atomic E-state index is 12.4. The van der Waals surface area contributed by atoms with Gasteiger partial charge in [0.25, 0.3) is 0 Å². The summed E-state index contributed by atoms with van der Waals surface area (Å²) in [6, 6.07) is 8.09. The van der Waals surface area contributed by atoms with Gasteiger partial charge in [-0.25, -0.2) is 15.0 Å². The topological polar surface area (TPSA) is 83.5 Å². The number of anilines is 3. The zero-order valence-corrected chi connectivity index (χ0v) is 17.6. The molecule has 1 aromatic carbocycles. The quantitative estimate of drug-likeness (QED) is 0.559. The fraction of sp³-hybridized carbons (Fsp3) is 0.238. The Kier molecular flexibility index (Phi) is 6.31. The smallest absolute Gasteiger partial charge is 0.387 e. The average molecular weight is 461 g/mol. The minimum atomic E-state index is -2.96. The van der Waals surface area contributed by atoms with Crippen LogP contribution < -0.4 is 15.0 Å². The van der Waals surface area contributed by atoms with Gasteiger partial charge in [-0.05, 0) is 36.4 Å². The van der Waals surface area contributed by atoms with Gasteiger partial charge in [-0.2, -0.15) is 8.78 Å². The molecule has 2 aromatic heterocycles. The number of fused-ring (bicyclic) bond motifs is 1. The minimum absolute atomic E-state index is 0.0363. The zero-order chi connectivity index (χ0) is 22.7. The molecule has 1 saturated heterocycles. The average Bonchev–Trinajstić information content (AvgIpc) is 2.80. The molecule has 3 aromatic rings. The summed E-state index contributed by atoms with van der Waals surface area (Å²) in [5, 5.41) is 3.14. The van der Waals surface area contributed by atoms with Gasteiger partial charge < -0.3 is 19.9 Å². The molecule has 0 bridgehead atoms. The van der Waals surface area contributed by atoms with Gasteiger partial charge in [-0.1, -0.05) is 18.2 Å². The summed E-state index contributed by atoms with van der Waals surface area (Å²) in [7, 11) is 0. The van der Waals surface area contributed by atoms with Crippen molar-refractivity contribution in [3.05, 3.63) is 54.3 Å². The van der Waals surface area contributed by atoms with E-state index in [2.05, 4.69) is 31.5 Å². The molecule has 0 unspecified atom stereocenters. The zero-order valence-electron chi connectivity index (χ0n) is 16.8. The standard InChI is InChI=1S/C21H19ClF2N6O2/c1-2-18(31)30-9-7-29(8-10-30)17-6-4-15-19(28-17)20(26-12-25-15)27-13-3-5-16(14(22)11-13)32-21(23)24/h2-6,11-12,21H,1,7-10H2,(H,25,26,27). The molecule has 3 heterocycles. The second-order valence-corrected chi connectivity index (χ2v) is 7.33. The van der Waals surface area contributed by atoms with E-state index in [1.807, 2.05) is 12.1 Å². The third kappa shape index (κ3) is 4.70. The lowest BCUT2D eigenvalue weighted by Crippen LogP contribution is -2.48. The summed E-state index contributed by atoms with van der Waals surface area (Å²) < 4.78 is 29.3. The Bertz CT molecular complexity index is 1150. The molecule has 32 heavy (non-hydrogen) atoms. The van der Waals surface area contributed by atoms with E-state index < -0.39 is 6.61 Å². The fourth-order valence-electron chi connectivity index (χ4n) is 3.39. The van der Waals surface area contributed by atoms with Gasteiger partial charge in [0, 0.05) is 31.9 Å². The van der Waals surface area contributed by atoms with Crippen molar-refractivity contribution in [1.29, 1.82) is 0 Å². The monoisotopic (exact) mass is 460 g/mol. The van der Waals surface area contributed by atoms with Gasteiger partial charge in [-0.15, -0.1) is 0 Å². The van der Waals surface area contributed by atoms with E-state index in [1.54, 1.807) is 11.0 Å². The van der Waals surface area contributed by atoms with Crippen molar-refractivity contribution in [1.82, 2.24) is 19.9 Å². The number of carbonyl (C=O) groups excluding carboxylic acids is 1. The van der Waals surface area contributed by atoms with Crippen LogP contribution in [0.4, 0.5) is 26.1 Å².